The average Bonchev–Trinajstić information content (AvgIpc) is 2.68. The van der Waals surface area contributed by atoms with Crippen LogP contribution in [0.15, 0.2) is 47.4 Å². The fourth-order valence-corrected chi connectivity index (χ4v) is 4.47. The number of hydrogen-bond donors (Lipinski definition) is 2. The fraction of sp³-hybridized carbons (Fsp3) is 0.250. The van der Waals surface area contributed by atoms with Gasteiger partial charge in [-0.15, -0.1) is 0 Å². The molecule has 0 unspecified atom stereocenters. The number of halogens is 2. The Kier molecular flexibility index (Phi) is 7.12. The third-order valence-electron chi connectivity index (χ3n) is 4.84. The summed E-state index contributed by atoms with van der Waals surface area (Å²) in [6, 6.07) is 13.2. The van der Waals surface area contributed by atoms with Crippen LogP contribution in [0.3, 0.4) is 0 Å². The number of hydrogen-bond acceptors (Lipinski definition) is 4. The normalized spacial score (nSPS) is 11.1. The summed E-state index contributed by atoms with van der Waals surface area (Å²) in [4.78, 5) is 0.941. The monoisotopic (exact) mass is 461 g/mol. The van der Waals surface area contributed by atoms with E-state index in [4.69, 9.17) is 27.9 Å². The van der Waals surface area contributed by atoms with Gasteiger partial charge in [0.1, 0.15) is 17.2 Å². The van der Waals surface area contributed by atoms with Gasteiger partial charge in [-0.3, -0.25) is 0 Å². The highest BCUT2D eigenvalue weighted by atomic mass is 35.5. The zero-order valence-electron chi connectivity index (χ0n) is 17.6. The Hall–Kier alpha value is -2.01. The quantitative estimate of drug-likeness (QED) is 0.360. The van der Waals surface area contributed by atoms with Crippen LogP contribution in [0.1, 0.15) is 42.0 Å². The van der Waals surface area contributed by atoms with Crippen molar-refractivity contribution in [2.24, 2.45) is 0 Å². The van der Waals surface area contributed by atoms with Crippen molar-refractivity contribution < 1.29 is 9.84 Å². The van der Waals surface area contributed by atoms with Crippen molar-refractivity contribution in [3.8, 4) is 17.2 Å². The summed E-state index contributed by atoms with van der Waals surface area (Å²) in [6.45, 7) is 10.0. The number of phenolic OH excluding ortho intramolecular Hbond substituents is 1. The molecular formula is C24H25Cl2NO2S. The van der Waals surface area contributed by atoms with Gasteiger partial charge in [0.15, 0.2) is 0 Å². The number of ether oxygens (including phenoxy) is 1. The van der Waals surface area contributed by atoms with Gasteiger partial charge in [0.2, 0.25) is 0 Å². The molecule has 3 nitrogen and oxygen atoms in total. The summed E-state index contributed by atoms with van der Waals surface area (Å²) in [5.41, 5.74) is 4.73. The van der Waals surface area contributed by atoms with Crippen molar-refractivity contribution in [3.63, 3.8) is 0 Å². The van der Waals surface area contributed by atoms with Gasteiger partial charge in [-0.2, -0.15) is 0 Å². The van der Waals surface area contributed by atoms with Crippen molar-refractivity contribution in [2.45, 2.75) is 45.4 Å². The molecule has 158 valence electrons. The molecule has 0 fully saturated rings. The van der Waals surface area contributed by atoms with Gasteiger partial charge in [-0.05, 0) is 97.8 Å². The summed E-state index contributed by atoms with van der Waals surface area (Å²) in [7, 11) is 0. The Morgan fingerprint density at radius 3 is 2.10 bits per heavy atom. The predicted octanol–water partition coefficient (Wildman–Crippen LogP) is 8.66. The number of anilines is 1. The molecule has 0 saturated carbocycles. The lowest BCUT2D eigenvalue weighted by atomic mass is 10.0. The Labute approximate surface area is 192 Å². The smallest absolute Gasteiger partial charge is 0.133 e. The van der Waals surface area contributed by atoms with Gasteiger partial charge in [-0.25, -0.2) is 0 Å². The molecule has 0 aliphatic carbocycles. The number of rotatable bonds is 6. The number of aromatic hydroxyl groups is 1. The SMILES string of the molecule is Cc1cc(NSc2cc(Cl)c(C)c(Cl)c2)cc(C)c1Oc1ccc(O)c(C(C)C)c1. The molecule has 3 aromatic rings. The van der Waals surface area contributed by atoms with E-state index in [0.717, 1.165) is 38.6 Å². The first-order valence-corrected chi connectivity index (χ1v) is 11.2. The lowest BCUT2D eigenvalue weighted by Gasteiger charge is -2.16. The first-order chi connectivity index (χ1) is 14.2. The van der Waals surface area contributed by atoms with Crippen LogP contribution in [-0.2, 0) is 0 Å². The Morgan fingerprint density at radius 2 is 1.53 bits per heavy atom. The zero-order chi connectivity index (χ0) is 22.0. The molecule has 0 saturated heterocycles. The van der Waals surface area contributed by atoms with Crippen LogP contribution in [-0.4, -0.2) is 5.11 Å². The summed E-state index contributed by atoms with van der Waals surface area (Å²) in [5, 5.41) is 11.3. The third-order valence-corrected chi connectivity index (χ3v) is 6.44. The maximum absolute atomic E-state index is 10.0. The molecule has 6 heteroatoms. The van der Waals surface area contributed by atoms with Crippen LogP contribution < -0.4 is 9.46 Å². The lowest BCUT2D eigenvalue weighted by molar-refractivity contribution is 0.452. The zero-order valence-corrected chi connectivity index (χ0v) is 20.0. The number of phenols is 1. The van der Waals surface area contributed by atoms with Gasteiger partial charge in [0, 0.05) is 26.2 Å². The minimum Gasteiger partial charge on any atom is -0.508 e. The molecule has 2 N–H and O–H groups in total. The molecule has 0 amide bonds. The summed E-state index contributed by atoms with van der Waals surface area (Å²) in [5.74, 6) is 2.02. The minimum absolute atomic E-state index is 0.211. The molecule has 0 atom stereocenters. The van der Waals surface area contributed by atoms with Crippen LogP contribution in [0, 0.1) is 20.8 Å². The molecule has 0 aromatic heterocycles. The summed E-state index contributed by atoms with van der Waals surface area (Å²) < 4.78 is 9.52. The predicted molar refractivity (Wildman–Crippen MR) is 129 cm³/mol. The molecule has 30 heavy (non-hydrogen) atoms. The molecule has 0 bridgehead atoms. The molecule has 3 rings (SSSR count). The summed E-state index contributed by atoms with van der Waals surface area (Å²) >= 11 is 13.9. The van der Waals surface area contributed by atoms with E-state index in [1.807, 2.05) is 65.0 Å². The van der Waals surface area contributed by atoms with Gasteiger partial charge >= 0.3 is 0 Å². The summed E-state index contributed by atoms with van der Waals surface area (Å²) in [6.07, 6.45) is 0. The largest absolute Gasteiger partial charge is 0.508 e. The van der Waals surface area contributed by atoms with Crippen molar-refractivity contribution in [1.29, 1.82) is 0 Å². The van der Waals surface area contributed by atoms with E-state index in [2.05, 4.69) is 4.72 Å². The molecule has 0 heterocycles. The van der Waals surface area contributed by atoms with Gasteiger partial charge in [0.05, 0.1) is 0 Å². The van der Waals surface area contributed by atoms with Crippen molar-refractivity contribution in [2.75, 3.05) is 4.72 Å². The number of aryl methyl sites for hydroxylation is 2. The molecule has 0 radical (unpaired) electrons. The first-order valence-electron chi connectivity index (χ1n) is 9.66. The highest BCUT2D eigenvalue weighted by Crippen LogP contribution is 2.36. The van der Waals surface area contributed by atoms with Crippen LogP contribution in [0.4, 0.5) is 5.69 Å². The van der Waals surface area contributed by atoms with E-state index in [0.29, 0.717) is 21.5 Å². The minimum atomic E-state index is 0.211. The Morgan fingerprint density at radius 1 is 0.933 bits per heavy atom. The number of benzene rings is 3. The molecule has 0 aliphatic heterocycles. The van der Waals surface area contributed by atoms with Crippen LogP contribution in [0.25, 0.3) is 0 Å². The molecule has 3 aromatic carbocycles. The Bertz CT molecular complexity index is 1040. The van der Waals surface area contributed by atoms with Crippen LogP contribution in [0.2, 0.25) is 10.0 Å². The maximum Gasteiger partial charge on any atom is 0.133 e. The van der Waals surface area contributed by atoms with Gasteiger partial charge in [-0.1, -0.05) is 37.0 Å². The topological polar surface area (TPSA) is 41.5 Å². The second-order valence-electron chi connectivity index (χ2n) is 7.63. The highest BCUT2D eigenvalue weighted by molar-refractivity contribution is 8.00. The van der Waals surface area contributed by atoms with E-state index in [-0.39, 0.29) is 5.92 Å². The van der Waals surface area contributed by atoms with Crippen LogP contribution >= 0.6 is 35.1 Å². The first kappa shape index (κ1) is 22.7. The van der Waals surface area contributed by atoms with E-state index < -0.39 is 0 Å². The van der Waals surface area contributed by atoms with E-state index >= 15 is 0 Å². The lowest BCUT2D eigenvalue weighted by Crippen LogP contribution is -1.96. The average molecular weight is 462 g/mol. The fourth-order valence-electron chi connectivity index (χ4n) is 3.15. The van der Waals surface area contributed by atoms with E-state index in [1.165, 1.54) is 11.9 Å². The maximum atomic E-state index is 10.0. The van der Waals surface area contributed by atoms with E-state index in [9.17, 15) is 5.11 Å². The second kappa shape index (κ2) is 9.42. The van der Waals surface area contributed by atoms with Crippen molar-refractivity contribution in [3.05, 3.63) is 74.8 Å². The van der Waals surface area contributed by atoms with Gasteiger partial charge in [0.25, 0.3) is 0 Å². The molecular weight excluding hydrogens is 437 g/mol. The second-order valence-corrected chi connectivity index (χ2v) is 9.33. The third kappa shape index (κ3) is 5.18. The van der Waals surface area contributed by atoms with Crippen LogP contribution in [0.5, 0.6) is 17.2 Å². The van der Waals surface area contributed by atoms with Crippen molar-refractivity contribution in [1.82, 2.24) is 0 Å². The Balaban J connectivity index is 1.78. The molecule has 0 spiro atoms. The van der Waals surface area contributed by atoms with Crippen molar-refractivity contribution >= 4 is 40.8 Å². The molecule has 0 aliphatic rings. The standard InChI is InChI=1S/C24H25Cl2NO2S/c1-13(2)20-10-18(6-7-23(20)28)29-24-14(3)8-17(9-15(24)4)27-30-19-11-21(25)16(5)22(26)12-19/h6-13,27-28H,1-5H3. The van der Waals surface area contributed by atoms with Gasteiger partial charge < -0.3 is 14.6 Å². The highest BCUT2D eigenvalue weighted by Gasteiger charge is 2.12. The van der Waals surface area contributed by atoms with E-state index in [1.54, 1.807) is 12.1 Å². The number of nitrogens with one attached hydrogen (secondary N) is 1.